The number of aliphatic hydroxyl groups is 1. The zero-order valence-electron chi connectivity index (χ0n) is 22.4. The summed E-state index contributed by atoms with van der Waals surface area (Å²) in [5.74, 6) is -0.170. The minimum Gasteiger partial charge on any atom is -0.444 e. The molecule has 0 unspecified atom stereocenters. The number of hydrogen-bond donors (Lipinski definition) is 2. The third kappa shape index (κ3) is 4.70. The molecule has 3 aromatic rings. The number of nitrogens with zero attached hydrogens (tertiary/aromatic N) is 1. The standard InChI is InChI=1S/C30H32N2O6S/c1-29(2,3)38-28(35)32-15-14-30(23-10-5-6-11-24(23)31-27(30)34)26(32)21-9-7-8-19(16-21)20-12-13-22(18-33)25(17-20)39(4,36)37/h5-13,16-17,26,33H,14-15,18H2,1-4H3,(H,31,34)/t26-,30-/m1/s1. The lowest BCUT2D eigenvalue weighted by molar-refractivity contribution is -0.121. The summed E-state index contributed by atoms with van der Waals surface area (Å²) >= 11 is 0. The minimum absolute atomic E-state index is 0.0599. The fraction of sp³-hybridized carbons (Fsp3) is 0.333. The average Bonchev–Trinajstić information content (AvgIpc) is 3.41. The third-order valence-corrected chi connectivity index (χ3v) is 8.57. The number of likely N-dealkylation sites (tertiary alicyclic amines) is 1. The molecule has 1 saturated heterocycles. The van der Waals surface area contributed by atoms with Gasteiger partial charge in [0.15, 0.2) is 9.84 Å². The number of amides is 2. The van der Waals surface area contributed by atoms with E-state index in [1.807, 2.05) is 48.5 Å². The van der Waals surface area contributed by atoms with Crippen LogP contribution >= 0.6 is 0 Å². The predicted molar refractivity (Wildman–Crippen MR) is 148 cm³/mol. The van der Waals surface area contributed by atoms with Crippen molar-refractivity contribution in [2.75, 3.05) is 18.1 Å². The molecular formula is C30H32N2O6S. The molecule has 2 N–H and O–H groups in total. The van der Waals surface area contributed by atoms with Gasteiger partial charge in [0.1, 0.15) is 11.0 Å². The normalized spacial score (nSPS) is 20.7. The lowest BCUT2D eigenvalue weighted by Crippen LogP contribution is -2.44. The summed E-state index contributed by atoms with van der Waals surface area (Å²) in [4.78, 5) is 28.8. The van der Waals surface area contributed by atoms with Crippen molar-refractivity contribution in [3.05, 3.63) is 83.4 Å². The molecule has 2 aliphatic heterocycles. The van der Waals surface area contributed by atoms with E-state index >= 15 is 0 Å². The van der Waals surface area contributed by atoms with E-state index in [0.717, 1.165) is 28.6 Å². The molecule has 1 spiro atoms. The second-order valence-corrected chi connectivity index (χ2v) is 13.2. The first kappa shape index (κ1) is 26.9. The number of carbonyl (C=O) groups excluding carboxylic acids is 2. The average molecular weight is 549 g/mol. The Balaban J connectivity index is 1.66. The van der Waals surface area contributed by atoms with E-state index in [1.54, 1.807) is 43.9 Å². The molecule has 9 heteroatoms. The van der Waals surface area contributed by atoms with Crippen molar-refractivity contribution in [2.45, 2.75) is 55.8 Å². The lowest BCUT2D eigenvalue weighted by Gasteiger charge is -2.35. The van der Waals surface area contributed by atoms with Crippen LogP contribution in [-0.4, -0.2) is 48.8 Å². The quantitative estimate of drug-likeness (QED) is 0.483. The molecule has 0 radical (unpaired) electrons. The van der Waals surface area contributed by atoms with Gasteiger partial charge in [-0.3, -0.25) is 9.69 Å². The Labute approximate surface area is 228 Å². The fourth-order valence-electron chi connectivity index (χ4n) is 5.77. The van der Waals surface area contributed by atoms with Crippen LogP contribution in [0, 0.1) is 0 Å². The highest BCUT2D eigenvalue weighted by atomic mass is 32.2. The van der Waals surface area contributed by atoms with Crippen LogP contribution in [0.3, 0.4) is 0 Å². The Hall–Kier alpha value is -3.69. The van der Waals surface area contributed by atoms with E-state index in [0.29, 0.717) is 24.1 Å². The molecule has 2 heterocycles. The van der Waals surface area contributed by atoms with Crippen molar-refractivity contribution < 1.29 is 27.9 Å². The Kier molecular flexibility index (Phi) is 6.55. The van der Waals surface area contributed by atoms with Crippen LogP contribution in [0.25, 0.3) is 11.1 Å². The number of fused-ring (bicyclic) bond motifs is 2. The summed E-state index contributed by atoms with van der Waals surface area (Å²) in [6, 6.07) is 19.3. The molecule has 2 amide bonds. The number of benzene rings is 3. The first-order valence-corrected chi connectivity index (χ1v) is 14.7. The Morgan fingerprint density at radius 2 is 1.79 bits per heavy atom. The zero-order chi connectivity index (χ0) is 28.2. The summed E-state index contributed by atoms with van der Waals surface area (Å²) in [5, 5.41) is 12.7. The van der Waals surface area contributed by atoms with Crippen LogP contribution in [-0.2, 0) is 31.4 Å². The maximum atomic E-state index is 13.7. The molecule has 0 saturated carbocycles. The van der Waals surface area contributed by atoms with Crippen LogP contribution in [0.15, 0.2) is 71.6 Å². The highest BCUT2D eigenvalue weighted by Crippen LogP contribution is 2.55. The van der Waals surface area contributed by atoms with Gasteiger partial charge in [-0.05, 0) is 73.2 Å². The van der Waals surface area contributed by atoms with Crippen molar-refractivity contribution in [3.63, 3.8) is 0 Å². The Morgan fingerprint density at radius 1 is 1.08 bits per heavy atom. The summed E-state index contributed by atoms with van der Waals surface area (Å²) in [6.45, 7) is 5.35. The van der Waals surface area contributed by atoms with Gasteiger partial charge in [0.25, 0.3) is 0 Å². The Bertz CT molecular complexity index is 1580. The predicted octanol–water partition coefficient (Wildman–Crippen LogP) is 4.82. The number of para-hydroxylation sites is 1. The highest BCUT2D eigenvalue weighted by molar-refractivity contribution is 7.90. The number of carbonyl (C=O) groups is 2. The topological polar surface area (TPSA) is 113 Å². The van der Waals surface area contributed by atoms with Crippen molar-refractivity contribution in [3.8, 4) is 11.1 Å². The molecule has 39 heavy (non-hydrogen) atoms. The van der Waals surface area contributed by atoms with Gasteiger partial charge in [0, 0.05) is 18.5 Å². The van der Waals surface area contributed by atoms with Crippen LogP contribution in [0.2, 0.25) is 0 Å². The smallest absolute Gasteiger partial charge is 0.410 e. The van der Waals surface area contributed by atoms with E-state index in [1.165, 1.54) is 0 Å². The highest BCUT2D eigenvalue weighted by Gasteiger charge is 2.60. The molecule has 2 atom stereocenters. The van der Waals surface area contributed by atoms with E-state index < -0.39 is 39.6 Å². The zero-order valence-corrected chi connectivity index (χ0v) is 23.2. The summed E-state index contributed by atoms with van der Waals surface area (Å²) in [7, 11) is -3.58. The lowest BCUT2D eigenvalue weighted by atomic mass is 9.72. The largest absolute Gasteiger partial charge is 0.444 e. The fourth-order valence-corrected chi connectivity index (χ4v) is 6.72. The molecule has 2 aliphatic rings. The molecule has 5 rings (SSSR count). The second-order valence-electron chi connectivity index (χ2n) is 11.2. The number of nitrogens with one attached hydrogen (secondary N) is 1. The summed E-state index contributed by atoms with van der Waals surface area (Å²) < 4.78 is 30.6. The maximum Gasteiger partial charge on any atom is 0.410 e. The molecule has 204 valence electrons. The van der Waals surface area contributed by atoms with Crippen LogP contribution in [0.1, 0.15) is 49.9 Å². The number of rotatable bonds is 4. The van der Waals surface area contributed by atoms with Gasteiger partial charge in [-0.2, -0.15) is 0 Å². The van der Waals surface area contributed by atoms with E-state index in [-0.39, 0.29) is 10.8 Å². The van der Waals surface area contributed by atoms with Crippen LogP contribution in [0.5, 0.6) is 0 Å². The van der Waals surface area contributed by atoms with Gasteiger partial charge in [-0.15, -0.1) is 0 Å². The molecular weight excluding hydrogens is 516 g/mol. The molecule has 3 aromatic carbocycles. The third-order valence-electron chi connectivity index (χ3n) is 7.39. The summed E-state index contributed by atoms with van der Waals surface area (Å²) in [6.07, 6.45) is 1.03. The molecule has 0 aliphatic carbocycles. The number of sulfone groups is 1. The van der Waals surface area contributed by atoms with Gasteiger partial charge in [-0.1, -0.05) is 48.5 Å². The van der Waals surface area contributed by atoms with E-state index in [4.69, 9.17) is 4.74 Å². The van der Waals surface area contributed by atoms with Crippen molar-refractivity contribution in [2.24, 2.45) is 0 Å². The van der Waals surface area contributed by atoms with Crippen molar-refractivity contribution in [1.29, 1.82) is 0 Å². The summed E-state index contributed by atoms with van der Waals surface area (Å²) in [5.41, 5.74) is 2.25. The van der Waals surface area contributed by atoms with Gasteiger partial charge >= 0.3 is 6.09 Å². The van der Waals surface area contributed by atoms with Gasteiger partial charge in [0.2, 0.25) is 5.91 Å². The monoisotopic (exact) mass is 548 g/mol. The SMILES string of the molecule is CC(C)(C)OC(=O)N1CC[C@]2(C(=O)Nc3ccccc32)[C@H]1c1cccc(-c2ccc(CO)c(S(C)(=O)=O)c2)c1. The van der Waals surface area contributed by atoms with Crippen LogP contribution in [0.4, 0.5) is 10.5 Å². The van der Waals surface area contributed by atoms with Gasteiger partial charge in [0.05, 0.1) is 17.5 Å². The number of ether oxygens (including phenoxy) is 1. The van der Waals surface area contributed by atoms with E-state index in [9.17, 15) is 23.1 Å². The van der Waals surface area contributed by atoms with Crippen molar-refractivity contribution in [1.82, 2.24) is 4.90 Å². The number of hydrogen-bond acceptors (Lipinski definition) is 6. The Morgan fingerprint density at radius 3 is 2.49 bits per heavy atom. The molecule has 0 aromatic heterocycles. The van der Waals surface area contributed by atoms with Gasteiger partial charge < -0.3 is 15.2 Å². The molecule has 1 fully saturated rings. The minimum atomic E-state index is -3.58. The molecule has 8 nitrogen and oxygen atoms in total. The maximum absolute atomic E-state index is 13.7. The number of anilines is 1. The second kappa shape index (κ2) is 9.50. The van der Waals surface area contributed by atoms with Gasteiger partial charge in [-0.25, -0.2) is 13.2 Å². The number of aliphatic hydroxyl groups excluding tert-OH is 1. The van der Waals surface area contributed by atoms with E-state index in [2.05, 4.69) is 5.32 Å². The van der Waals surface area contributed by atoms with Crippen LogP contribution < -0.4 is 5.32 Å². The first-order chi connectivity index (χ1) is 18.3. The first-order valence-electron chi connectivity index (χ1n) is 12.8. The van der Waals surface area contributed by atoms with Crippen molar-refractivity contribution >= 4 is 27.5 Å². The molecule has 0 bridgehead atoms.